The first-order valence-electron chi connectivity index (χ1n) is 6.10. The van der Waals surface area contributed by atoms with E-state index in [9.17, 15) is 4.79 Å². The molecule has 2 aromatic carbocycles. The summed E-state index contributed by atoms with van der Waals surface area (Å²) in [4.78, 5) is 16.6. The third kappa shape index (κ3) is 4.03. The van der Waals surface area contributed by atoms with Gasteiger partial charge in [-0.05, 0) is 30.3 Å². The Morgan fingerprint density at radius 3 is 2.64 bits per heavy atom. The SMILES string of the molecule is Br.O=C(CSc1nc2ccccc2s1)c1ccc(Cl)c(Cl)c1. The molecule has 0 saturated heterocycles. The lowest BCUT2D eigenvalue weighted by Gasteiger charge is -2.01. The number of Topliss-reactive ketones (excluding diaryl/α,β-unsaturated/α-hetero) is 1. The number of para-hydroxylation sites is 1. The minimum Gasteiger partial charge on any atom is -0.293 e. The number of ketones is 1. The smallest absolute Gasteiger partial charge is 0.173 e. The number of nitrogens with zero attached hydrogens (tertiary/aromatic N) is 1. The number of thiazole rings is 1. The quantitative estimate of drug-likeness (QED) is 0.364. The molecule has 0 aliphatic rings. The summed E-state index contributed by atoms with van der Waals surface area (Å²) in [7, 11) is 0. The fourth-order valence-electron chi connectivity index (χ4n) is 1.79. The second-order valence-corrected chi connectivity index (χ2v) is 7.36. The molecule has 114 valence electrons. The lowest BCUT2D eigenvalue weighted by Crippen LogP contribution is -2.02. The van der Waals surface area contributed by atoms with E-state index in [0.717, 1.165) is 14.6 Å². The lowest BCUT2D eigenvalue weighted by molar-refractivity contribution is 0.102. The van der Waals surface area contributed by atoms with E-state index in [2.05, 4.69) is 4.98 Å². The highest BCUT2D eigenvalue weighted by molar-refractivity contribution is 8.93. The fraction of sp³-hybridized carbons (Fsp3) is 0.0667. The highest BCUT2D eigenvalue weighted by Gasteiger charge is 2.11. The van der Waals surface area contributed by atoms with E-state index < -0.39 is 0 Å². The van der Waals surface area contributed by atoms with Gasteiger partial charge in [0.1, 0.15) is 0 Å². The zero-order valence-corrected chi connectivity index (χ0v) is 15.9. The van der Waals surface area contributed by atoms with Crippen LogP contribution in [-0.4, -0.2) is 16.5 Å². The Kier molecular flexibility index (Phi) is 6.29. The van der Waals surface area contributed by atoms with Crippen molar-refractivity contribution < 1.29 is 4.79 Å². The number of hydrogen-bond acceptors (Lipinski definition) is 4. The molecule has 0 fully saturated rings. The molecule has 0 radical (unpaired) electrons. The Bertz CT molecular complexity index is 789. The van der Waals surface area contributed by atoms with E-state index in [0.29, 0.717) is 21.4 Å². The Hall–Kier alpha value is -0.590. The van der Waals surface area contributed by atoms with Gasteiger partial charge in [0.15, 0.2) is 10.1 Å². The molecule has 0 unspecified atom stereocenters. The molecular formula is C15H10BrCl2NOS2. The van der Waals surface area contributed by atoms with Gasteiger partial charge in [0.05, 0.1) is 26.0 Å². The summed E-state index contributed by atoms with van der Waals surface area (Å²) in [6.07, 6.45) is 0. The molecule has 0 atom stereocenters. The Balaban J connectivity index is 0.00000176. The van der Waals surface area contributed by atoms with Crippen molar-refractivity contribution in [3.8, 4) is 0 Å². The molecule has 0 saturated carbocycles. The first-order valence-corrected chi connectivity index (χ1v) is 8.66. The predicted molar refractivity (Wildman–Crippen MR) is 101 cm³/mol. The molecule has 0 aliphatic heterocycles. The van der Waals surface area contributed by atoms with E-state index >= 15 is 0 Å². The molecule has 0 aliphatic carbocycles. The normalized spacial score (nSPS) is 10.5. The molecule has 0 N–H and O–H groups in total. The van der Waals surface area contributed by atoms with Gasteiger partial charge in [0.25, 0.3) is 0 Å². The van der Waals surface area contributed by atoms with Crippen LogP contribution in [0, 0.1) is 0 Å². The van der Waals surface area contributed by atoms with Crippen LogP contribution in [0.2, 0.25) is 10.0 Å². The largest absolute Gasteiger partial charge is 0.293 e. The summed E-state index contributed by atoms with van der Waals surface area (Å²) in [5.74, 6) is 0.343. The third-order valence-corrected chi connectivity index (χ3v) is 5.76. The zero-order valence-electron chi connectivity index (χ0n) is 11.1. The summed E-state index contributed by atoms with van der Waals surface area (Å²) in [5.41, 5.74) is 1.53. The van der Waals surface area contributed by atoms with Crippen LogP contribution in [0.3, 0.4) is 0 Å². The zero-order chi connectivity index (χ0) is 14.8. The van der Waals surface area contributed by atoms with Crippen molar-refractivity contribution in [2.45, 2.75) is 4.34 Å². The van der Waals surface area contributed by atoms with E-state index in [1.165, 1.54) is 11.8 Å². The highest BCUT2D eigenvalue weighted by Crippen LogP contribution is 2.30. The summed E-state index contributed by atoms with van der Waals surface area (Å²) in [5, 5.41) is 0.847. The predicted octanol–water partition coefficient (Wildman–Crippen LogP) is 6.16. The van der Waals surface area contributed by atoms with E-state index in [1.54, 1.807) is 29.5 Å². The number of carbonyl (C=O) groups is 1. The molecule has 0 spiro atoms. The minimum absolute atomic E-state index is 0. The molecular weight excluding hydrogens is 425 g/mol. The van der Waals surface area contributed by atoms with Crippen LogP contribution in [0.5, 0.6) is 0 Å². The molecule has 1 aromatic heterocycles. The van der Waals surface area contributed by atoms with Crippen LogP contribution in [0.4, 0.5) is 0 Å². The second-order valence-electron chi connectivity index (χ2n) is 4.29. The maximum absolute atomic E-state index is 12.2. The van der Waals surface area contributed by atoms with Crippen LogP contribution in [0.25, 0.3) is 10.2 Å². The van der Waals surface area contributed by atoms with Gasteiger partial charge in [-0.2, -0.15) is 0 Å². The number of thioether (sulfide) groups is 1. The maximum atomic E-state index is 12.2. The van der Waals surface area contributed by atoms with Crippen molar-refractivity contribution >= 4 is 79.3 Å². The summed E-state index contributed by atoms with van der Waals surface area (Å²) >= 11 is 14.8. The highest BCUT2D eigenvalue weighted by atomic mass is 79.9. The Labute approximate surface area is 156 Å². The molecule has 3 aromatic rings. The first-order chi connectivity index (χ1) is 10.1. The molecule has 0 bridgehead atoms. The Morgan fingerprint density at radius 2 is 1.91 bits per heavy atom. The summed E-state index contributed by atoms with van der Waals surface area (Å²) in [6.45, 7) is 0. The molecule has 7 heteroatoms. The number of carbonyl (C=O) groups excluding carboxylic acids is 1. The van der Waals surface area contributed by atoms with E-state index in [-0.39, 0.29) is 22.8 Å². The minimum atomic E-state index is 0. The molecule has 3 rings (SSSR count). The average Bonchev–Trinajstić information content (AvgIpc) is 2.90. The van der Waals surface area contributed by atoms with Gasteiger partial charge in [-0.25, -0.2) is 4.98 Å². The van der Waals surface area contributed by atoms with Crippen LogP contribution in [-0.2, 0) is 0 Å². The van der Waals surface area contributed by atoms with Crippen molar-refractivity contribution in [3.05, 3.63) is 58.1 Å². The number of rotatable bonds is 4. The number of hydrogen-bond donors (Lipinski definition) is 0. The van der Waals surface area contributed by atoms with Gasteiger partial charge < -0.3 is 0 Å². The fourth-order valence-corrected chi connectivity index (χ4v) is 4.05. The van der Waals surface area contributed by atoms with Gasteiger partial charge in [0.2, 0.25) is 0 Å². The maximum Gasteiger partial charge on any atom is 0.173 e. The molecule has 2 nitrogen and oxygen atoms in total. The first kappa shape index (κ1) is 17.8. The van der Waals surface area contributed by atoms with E-state index in [4.69, 9.17) is 23.2 Å². The third-order valence-electron chi connectivity index (χ3n) is 2.84. The van der Waals surface area contributed by atoms with Gasteiger partial charge in [0, 0.05) is 5.56 Å². The van der Waals surface area contributed by atoms with Crippen LogP contribution < -0.4 is 0 Å². The molecule has 0 amide bonds. The summed E-state index contributed by atoms with van der Waals surface area (Å²) in [6, 6.07) is 12.9. The van der Waals surface area contributed by atoms with Crippen molar-refractivity contribution in [2.24, 2.45) is 0 Å². The number of fused-ring (bicyclic) bond motifs is 1. The topological polar surface area (TPSA) is 30.0 Å². The Morgan fingerprint density at radius 1 is 1.14 bits per heavy atom. The van der Waals surface area contributed by atoms with Crippen LogP contribution >= 0.6 is 63.3 Å². The van der Waals surface area contributed by atoms with Gasteiger partial charge in [-0.15, -0.1) is 28.3 Å². The van der Waals surface area contributed by atoms with E-state index in [1.807, 2.05) is 24.3 Å². The van der Waals surface area contributed by atoms with Crippen LogP contribution in [0.1, 0.15) is 10.4 Å². The molecule has 22 heavy (non-hydrogen) atoms. The monoisotopic (exact) mass is 433 g/mol. The number of benzene rings is 2. The average molecular weight is 435 g/mol. The van der Waals surface area contributed by atoms with Gasteiger partial charge in [-0.3, -0.25) is 4.79 Å². The second kappa shape index (κ2) is 7.79. The van der Waals surface area contributed by atoms with Crippen molar-refractivity contribution in [2.75, 3.05) is 5.75 Å². The molecule has 1 heterocycles. The van der Waals surface area contributed by atoms with Crippen molar-refractivity contribution in [3.63, 3.8) is 0 Å². The van der Waals surface area contributed by atoms with Crippen LogP contribution in [0.15, 0.2) is 46.8 Å². The van der Waals surface area contributed by atoms with Gasteiger partial charge in [-0.1, -0.05) is 47.1 Å². The summed E-state index contributed by atoms with van der Waals surface area (Å²) < 4.78 is 2.02. The lowest BCUT2D eigenvalue weighted by atomic mass is 10.1. The van der Waals surface area contributed by atoms with Gasteiger partial charge >= 0.3 is 0 Å². The standard InChI is InChI=1S/C15H9Cl2NOS2.BrH/c16-10-6-5-9(7-11(10)17)13(19)8-20-15-18-12-3-1-2-4-14(12)21-15;/h1-7H,8H2;1H. The number of aromatic nitrogens is 1. The van der Waals surface area contributed by atoms with Crippen molar-refractivity contribution in [1.82, 2.24) is 4.98 Å². The van der Waals surface area contributed by atoms with Crippen molar-refractivity contribution in [1.29, 1.82) is 0 Å². The number of halogens is 3.